The van der Waals surface area contributed by atoms with E-state index in [-0.39, 0.29) is 6.10 Å². The van der Waals surface area contributed by atoms with Crippen LogP contribution in [0.5, 0.6) is 0 Å². The maximum atomic E-state index is 10.6. The lowest BCUT2D eigenvalue weighted by Gasteiger charge is -2.58. The van der Waals surface area contributed by atoms with E-state index in [1.807, 2.05) is 27.7 Å². The van der Waals surface area contributed by atoms with Gasteiger partial charge < -0.3 is 14.9 Å². The molecule has 1 saturated heterocycles. The predicted octanol–water partition coefficient (Wildman–Crippen LogP) is 7.30. The summed E-state index contributed by atoms with van der Waals surface area (Å²) in [6.45, 7) is 14.4. The van der Waals surface area contributed by atoms with Gasteiger partial charge in [0.25, 0.3) is 0 Å². The Morgan fingerprint density at radius 1 is 0.970 bits per heavy atom. The minimum atomic E-state index is -0.540. The zero-order valence-electron chi connectivity index (χ0n) is 22.7. The highest BCUT2D eigenvalue weighted by molar-refractivity contribution is 5.25. The second-order valence-electron chi connectivity index (χ2n) is 11.9. The third-order valence-corrected chi connectivity index (χ3v) is 10.6. The zero-order chi connectivity index (χ0) is 24.3. The van der Waals surface area contributed by atoms with Crippen LogP contribution in [0, 0.1) is 34.5 Å². The van der Waals surface area contributed by atoms with E-state index in [1.165, 1.54) is 44.9 Å². The van der Waals surface area contributed by atoms with Crippen molar-refractivity contribution in [2.24, 2.45) is 34.5 Å². The van der Waals surface area contributed by atoms with Crippen molar-refractivity contribution in [3.8, 4) is 0 Å². The molecule has 1 heterocycles. The van der Waals surface area contributed by atoms with Gasteiger partial charge in [-0.1, -0.05) is 59.6 Å². The van der Waals surface area contributed by atoms with Crippen LogP contribution in [0.15, 0.2) is 11.6 Å². The van der Waals surface area contributed by atoms with Crippen molar-refractivity contribution in [2.75, 3.05) is 13.2 Å². The van der Waals surface area contributed by atoms with Crippen LogP contribution in [-0.4, -0.2) is 35.1 Å². The van der Waals surface area contributed by atoms with Crippen molar-refractivity contribution in [1.82, 2.24) is 0 Å². The summed E-state index contributed by atoms with van der Waals surface area (Å²) in [7, 11) is 0. The number of ether oxygens (including phenoxy) is 1. The van der Waals surface area contributed by atoms with Crippen LogP contribution in [0.4, 0.5) is 0 Å². The highest BCUT2D eigenvalue weighted by Crippen LogP contribution is 2.66. The summed E-state index contributed by atoms with van der Waals surface area (Å²) in [6.07, 6.45) is 16.6. The molecular formula is C30H54O3. The highest BCUT2D eigenvalue weighted by Gasteiger charge is 2.58. The topological polar surface area (TPSA) is 49.7 Å². The minimum Gasteiger partial charge on any atom is -0.393 e. The first-order chi connectivity index (χ1) is 15.8. The largest absolute Gasteiger partial charge is 0.393 e. The number of hydrogen-bond acceptors (Lipinski definition) is 3. The average Bonchev–Trinajstić information content (AvgIpc) is 3.40. The van der Waals surface area contributed by atoms with Crippen LogP contribution in [0.1, 0.15) is 119 Å². The van der Waals surface area contributed by atoms with Crippen LogP contribution < -0.4 is 0 Å². The Kier molecular flexibility index (Phi) is 9.17. The SMILES string of the molecule is CC.CC.CC12CCC(O)CC1=CCC1C2CCC2(C)C(CCCC3(O)CCOC3)CCC12. The number of aliphatic hydroxyl groups is 2. The Bertz CT molecular complexity index is 651. The number of hydrogen-bond donors (Lipinski definition) is 2. The van der Waals surface area contributed by atoms with Crippen molar-refractivity contribution in [3.63, 3.8) is 0 Å². The lowest BCUT2D eigenvalue weighted by Crippen LogP contribution is -2.50. The molecule has 0 aromatic heterocycles. The molecule has 0 aromatic carbocycles. The van der Waals surface area contributed by atoms with Crippen molar-refractivity contribution in [2.45, 2.75) is 130 Å². The fourth-order valence-electron chi connectivity index (χ4n) is 8.70. The monoisotopic (exact) mass is 462 g/mol. The van der Waals surface area contributed by atoms with Gasteiger partial charge in [-0.3, -0.25) is 0 Å². The molecule has 33 heavy (non-hydrogen) atoms. The fourth-order valence-corrected chi connectivity index (χ4v) is 8.70. The Hall–Kier alpha value is -0.380. The van der Waals surface area contributed by atoms with Crippen molar-refractivity contribution >= 4 is 0 Å². The molecular weight excluding hydrogens is 408 g/mol. The van der Waals surface area contributed by atoms with Crippen molar-refractivity contribution in [3.05, 3.63) is 11.6 Å². The quantitative estimate of drug-likeness (QED) is 0.431. The van der Waals surface area contributed by atoms with E-state index in [1.54, 1.807) is 5.57 Å². The molecule has 0 spiro atoms. The molecule has 5 rings (SSSR count). The van der Waals surface area contributed by atoms with Crippen molar-refractivity contribution in [1.29, 1.82) is 0 Å². The molecule has 0 amide bonds. The fraction of sp³-hybridized carbons (Fsp3) is 0.933. The van der Waals surface area contributed by atoms with Crippen LogP contribution in [0.2, 0.25) is 0 Å². The maximum absolute atomic E-state index is 10.6. The van der Waals surface area contributed by atoms with E-state index >= 15 is 0 Å². The third kappa shape index (κ3) is 5.12. The normalized spacial score (nSPS) is 45.9. The summed E-state index contributed by atoms with van der Waals surface area (Å²) in [4.78, 5) is 0. The zero-order valence-corrected chi connectivity index (χ0v) is 22.7. The lowest BCUT2D eigenvalue weighted by atomic mass is 9.47. The molecule has 0 aromatic rings. The van der Waals surface area contributed by atoms with Crippen LogP contribution >= 0.6 is 0 Å². The van der Waals surface area contributed by atoms with Gasteiger partial charge in [-0.05, 0) is 98.7 Å². The molecule has 5 aliphatic rings. The van der Waals surface area contributed by atoms with E-state index < -0.39 is 5.60 Å². The summed E-state index contributed by atoms with van der Waals surface area (Å²) in [6, 6.07) is 0. The molecule has 3 nitrogen and oxygen atoms in total. The van der Waals surface area contributed by atoms with Crippen LogP contribution in [0.25, 0.3) is 0 Å². The Morgan fingerprint density at radius 3 is 2.42 bits per heavy atom. The first-order valence-corrected chi connectivity index (χ1v) is 14.5. The van der Waals surface area contributed by atoms with E-state index in [9.17, 15) is 10.2 Å². The van der Waals surface area contributed by atoms with Crippen LogP contribution in [0.3, 0.4) is 0 Å². The first-order valence-electron chi connectivity index (χ1n) is 14.5. The van der Waals surface area contributed by atoms with E-state index in [0.717, 1.165) is 62.4 Å². The number of rotatable bonds is 4. The van der Waals surface area contributed by atoms with Gasteiger partial charge >= 0.3 is 0 Å². The molecule has 3 heteroatoms. The molecule has 8 unspecified atom stereocenters. The second kappa shape index (κ2) is 11.1. The van der Waals surface area contributed by atoms with Gasteiger partial charge in [0.15, 0.2) is 0 Å². The van der Waals surface area contributed by atoms with Gasteiger partial charge in [-0.15, -0.1) is 0 Å². The summed E-state index contributed by atoms with van der Waals surface area (Å²) in [5.41, 5.74) is 1.91. The lowest BCUT2D eigenvalue weighted by molar-refractivity contribution is -0.0519. The smallest absolute Gasteiger partial charge is 0.0902 e. The summed E-state index contributed by atoms with van der Waals surface area (Å²) < 4.78 is 5.44. The Labute approximate surface area is 204 Å². The summed E-state index contributed by atoms with van der Waals surface area (Å²) in [5.74, 6) is 3.41. The molecule has 2 N–H and O–H groups in total. The standard InChI is InChI=1S/C26H42O3.2C2H6/c1-24-13-10-23-21(7-5-19-16-20(27)9-12-25(19,23)2)22(24)8-6-18(24)4-3-11-26(28)14-15-29-17-26;2*1-2/h5,18,20-23,27-28H,3-4,6-17H2,1-2H3;2*1-2H3. The van der Waals surface area contributed by atoms with Gasteiger partial charge in [0, 0.05) is 13.0 Å². The van der Waals surface area contributed by atoms with Crippen molar-refractivity contribution < 1.29 is 14.9 Å². The maximum Gasteiger partial charge on any atom is 0.0902 e. The van der Waals surface area contributed by atoms with Gasteiger partial charge in [-0.2, -0.15) is 0 Å². The predicted molar refractivity (Wildman–Crippen MR) is 138 cm³/mol. The molecule has 1 aliphatic heterocycles. The molecule has 192 valence electrons. The minimum absolute atomic E-state index is 0.101. The van der Waals surface area contributed by atoms with E-state index in [4.69, 9.17) is 4.74 Å². The average molecular weight is 463 g/mol. The van der Waals surface area contributed by atoms with E-state index in [2.05, 4.69) is 19.9 Å². The first kappa shape index (κ1) is 27.2. The van der Waals surface area contributed by atoms with E-state index in [0.29, 0.717) is 17.4 Å². The highest BCUT2D eigenvalue weighted by atomic mass is 16.5. The second-order valence-corrected chi connectivity index (χ2v) is 11.9. The molecule has 3 saturated carbocycles. The molecule has 8 atom stereocenters. The van der Waals surface area contributed by atoms with Gasteiger partial charge in [0.2, 0.25) is 0 Å². The Morgan fingerprint density at radius 2 is 1.73 bits per heavy atom. The molecule has 4 fully saturated rings. The number of aliphatic hydroxyl groups excluding tert-OH is 1. The molecule has 0 radical (unpaired) electrons. The van der Waals surface area contributed by atoms with Crippen LogP contribution in [-0.2, 0) is 4.74 Å². The van der Waals surface area contributed by atoms with Gasteiger partial charge in [0.05, 0.1) is 18.3 Å². The third-order valence-electron chi connectivity index (χ3n) is 10.6. The molecule has 4 aliphatic carbocycles. The van der Waals surface area contributed by atoms with Gasteiger partial charge in [0.1, 0.15) is 0 Å². The van der Waals surface area contributed by atoms with Gasteiger partial charge in [-0.25, -0.2) is 0 Å². The molecule has 0 bridgehead atoms. The Balaban J connectivity index is 0.000000728. The number of allylic oxidation sites excluding steroid dienone is 1. The number of fused-ring (bicyclic) bond motifs is 5. The summed E-state index contributed by atoms with van der Waals surface area (Å²) >= 11 is 0. The summed E-state index contributed by atoms with van der Waals surface area (Å²) in [5, 5.41) is 20.8.